The molecule has 1 aromatic carbocycles. The van der Waals surface area contributed by atoms with E-state index >= 15 is 0 Å². The van der Waals surface area contributed by atoms with Crippen LogP contribution in [0.25, 0.3) is 11.3 Å². The van der Waals surface area contributed by atoms with Crippen molar-refractivity contribution in [3.63, 3.8) is 0 Å². The molecule has 0 spiro atoms. The van der Waals surface area contributed by atoms with E-state index in [0.717, 1.165) is 0 Å². The highest BCUT2D eigenvalue weighted by atomic mass is 15.3. The summed E-state index contributed by atoms with van der Waals surface area (Å²) in [6.45, 7) is 4.24. The average molecular weight is 186 g/mol. The van der Waals surface area contributed by atoms with Crippen LogP contribution in [0.5, 0.6) is 0 Å². The Balaban J connectivity index is 2.62. The molecule has 1 aromatic heterocycles. The molecule has 0 aliphatic rings. The zero-order valence-corrected chi connectivity index (χ0v) is 8.78. The van der Waals surface area contributed by atoms with E-state index in [4.69, 9.17) is 0 Å². The van der Waals surface area contributed by atoms with E-state index in [1.165, 1.54) is 22.4 Å². The number of nitrogens with zero attached hydrogens (tertiary/aromatic N) is 2. The van der Waals surface area contributed by atoms with Crippen molar-refractivity contribution in [2.75, 3.05) is 0 Å². The van der Waals surface area contributed by atoms with E-state index in [-0.39, 0.29) is 0 Å². The van der Waals surface area contributed by atoms with Crippen LogP contribution >= 0.6 is 0 Å². The fourth-order valence-electron chi connectivity index (χ4n) is 1.65. The zero-order chi connectivity index (χ0) is 10.1. The summed E-state index contributed by atoms with van der Waals surface area (Å²) in [6.07, 6.45) is 1.83. The van der Waals surface area contributed by atoms with Crippen molar-refractivity contribution in [1.82, 2.24) is 9.78 Å². The fourth-order valence-corrected chi connectivity index (χ4v) is 1.65. The Bertz CT molecular complexity index is 455. The quantitative estimate of drug-likeness (QED) is 0.669. The van der Waals surface area contributed by atoms with Gasteiger partial charge in [-0.05, 0) is 31.5 Å². The van der Waals surface area contributed by atoms with Crippen LogP contribution in [0.4, 0.5) is 0 Å². The van der Waals surface area contributed by atoms with Gasteiger partial charge in [0, 0.05) is 18.8 Å². The van der Waals surface area contributed by atoms with E-state index in [1.807, 2.05) is 24.0 Å². The molecule has 0 unspecified atom stereocenters. The van der Waals surface area contributed by atoms with Gasteiger partial charge in [0.15, 0.2) is 0 Å². The Morgan fingerprint density at radius 1 is 1.14 bits per heavy atom. The Hall–Kier alpha value is -1.57. The minimum absolute atomic E-state index is 1.17. The lowest BCUT2D eigenvalue weighted by molar-refractivity contribution is 0.775. The summed E-state index contributed by atoms with van der Waals surface area (Å²) in [6, 6.07) is 8.53. The number of aryl methyl sites for hydroxylation is 3. The lowest BCUT2D eigenvalue weighted by atomic mass is 10.0. The third kappa shape index (κ3) is 1.43. The molecule has 0 aliphatic heterocycles. The first-order valence-corrected chi connectivity index (χ1v) is 4.74. The van der Waals surface area contributed by atoms with Gasteiger partial charge in [-0.25, -0.2) is 0 Å². The lowest BCUT2D eigenvalue weighted by Gasteiger charge is -2.07. The van der Waals surface area contributed by atoms with E-state index in [9.17, 15) is 0 Å². The molecular formula is C12H14N2. The zero-order valence-electron chi connectivity index (χ0n) is 8.78. The lowest BCUT2D eigenvalue weighted by Crippen LogP contribution is -1.95. The highest BCUT2D eigenvalue weighted by Crippen LogP contribution is 2.23. The molecular weight excluding hydrogens is 172 g/mol. The number of aromatic nitrogens is 2. The van der Waals surface area contributed by atoms with Crippen LogP contribution in [0.1, 0.15) is 11.1 Å². The molecule has 0 N–H and O–H groups in total. The van der Waals surface area contributed by atoms with Crippen molar-refractivity contribution in [1.29, 1.82) is 0 Å². The first kappa shape index (κ1) is 9.00. The number of rotatable bonds is 1. The first-order valence-electron chi connectivity index (χ1n) is 4.74. The summed E-state index contributed by atoms with van der Waals surface area (Å²) in [5.41, 5.74) is 5.02. The van der Waals surface area contributed by atoms with Crippen molar-refractivity contribution < 1.29 is 0 Å². The predicted octanol–water partition coefficient (Wildman–Crippen LogP) is 2.70. The Kier molecular flexibility index (Phi) is 2.12. The number of hydrogen-bond donors (Lipinski definition) is 0. The fraction of sp³-hybridized carbons (Fsp3) is 0.250. The van der Waals surface area contributed by atoms with Gasteiger partial charge in [0.25, 0.3) is 0 Å². The summed E-state index contributed by atoms with van der Waals surface area (Å²) in [5.74, 6) is 0. The SMILES string of the molecule is Cc1ccc(C)c(-c2ccnn2C)c1. The second-order valence-corrected chi connectivity index (χ2v) is 3.66. The Morgan fingerprint density at radius 3 is 2.57 bits per heavy atom. The van der Waals surface area contributed by atoms with Crippen LogP contribution in [0, 0.1) is 13.8 Å². The van der Waals surface area contributed by atoms with Crippen molar-refractivity contribution in [2.24, 2.45) is 7.05 Å². The van der Waals surface area contributed by atoms with Crippen LogP contribution in [0.15, 0.2) is 30.5 Å². The van der Waals surface area contributed by atoms with Crippen LogP contribution in [-0.2, 0) is 7.05 Å². The average Bonchev–Trinajstić information content (AvgIpc) is 2.56. The maximum Gasteiger partial charge on any atom is 0.0681 e. The molecule has 2 nitrogen and oxygen atoms in total. The van der Waals surface area contributed by atoms with Crippen LogP contribution in [0.3, 0.4) is 0 Å². The first-order chi connectivity index (χ1) is 6.68. The molecule has 0 bridgehead atoms. The molecule has 2 aromatic rings. The Morgan fingerprint density at radius 2 is 1.93 bits per heavy atom. The summed E-state index contributed by atoms with van der Waals surface area (Å²) in [7, 11) is 1.97. The number of hydrogen-bond acceptors (Lipinski definition) is 1. The van der Waals surface area contributed by atoms with E-state index in [2.05, 4.69) is 37.1 Å². The van der Waals surface area contributed by atoms with Gasteiger partial charge in [-0.3, -0.25) is 4.68 Å². The predicted molar refractivity (Wildman–Crippen MR) is 58.1 cm³/mol. The molecule has 14 heavy (non-hydrogen) atoms. The topological polar surface area (TPSA) is 17.8 Å². The van der Waals surface area contributed by atoms with Gasteiger partial charge in [-0.1, -0.05) is 17.7 Å². The van der Waals surface area contributed by atoms with Gasteiger partial charge in [0.1, 0.15) is 0 Å². The third-order valence-electron chi connectivity index (χ3n) is 2.49. The minimum Gasteiger partial charge on any atom is -0.268 e. The van der Waals surface area contributed by atoms with E-state index < -0.39 is 0 Å². The van der Waals surface area contributed by atoms with Crippen molar-refractivity contribution in [2.45, 2.75) is 13.8 Å². The monoisotopic (exact) mass is 186 g/mol. The van der Waals surface area contributed by atoms with E-state index in [0.29, 0.717) is 0 Å². The second kappa shape index (κ2) is 3.29. The number of benzene rings is 1. The summed E-state index contributed by atoms with van der Waals surface area (Å²) >= 11 is 0. The standard InChI is InChI=1S/C12H14N2/c1-9-4-5-10(2)11(8-9)12-6-7-13-14(12)3/h4-8H,1-3H3. The largest absolute Gasteiger partial charge is 0.268 e. The molecule has 0 saturated heterocycles. The van der Waals surface area contributed by atoms with Gasteiger partial charge in [-0.15, -0.1) is 0 Å². The Labute approximate surface area is 84.2 Å². The highest BCUT2D eigenvalue weighted by Gasteiger charge is 2.05. The van der Waals surface area contributed by atoms with E-state index in [1.54, 1.807) is 0 Å². The van der Waals surface area contributed by atoms with Crippen LogP contribution in [-0.4, -0.2) is 9.78 Å². The van der Waals surface area contributed by atoms with Gasteiger partial charge in [0.05, 0.1) is 5.69 Å². The molecule has 2 rings (SSSR count). The second-order valence-electron chi connectivity index (χ2n) is 3.66. The van der Waals surface area contributed by atoms with Gasteiger partial charge in [-0.2, -0.15) is 5.10 Å². The smallest absolute Gasteiger partial charge is 0.0681 e. The molecule has 72 valence electrons. The van der Waals surface area contributed by atoms with Crippen LogP contribution in [0.2, 0.25) is 0 Å². The minimum atomic E-state index is 1.17. The maximum atomic E-state index is 4.18. The van der Waals surface area contributed by atoms with Gasteiger partial charge < -0.3 is 0 Å². The molecule has 0 saturated carbocycles. The summed E-state index contributed by atoms with van der Waals surface area (Å²) < 4.78 is 1.90. The maximum absolute atomic E-state index is 4.18. The molecule has 0 atom stereocenters. The molecule has 2 heteroatoms. The highest BCUT2D eigenvalue weighted by molar-refractivity contribution is 5.64. The molecule has 0 radical (unpaired) electrons. The normalized spacial score (nSPS) is 10.5. The van der Waals surface area contributed by atoms with Crippen molar-refractivity contribution in [3.05, 3.63) is 41.6 Å². The van der Waals surface area contributed by atoms with Crippen molar-refractivity contribution in [3.8, 4) is 11.3 Å². The molecule has 1 heterocycles. The van der Waals surface area contributed by atoms with Gasteiger partial charge >= 0.3 is 0 Å². The molecule has 0 amide bonds. The molecule has 0 fully saturated rings. The van der Waals surface area contributed by atoms with Gasteiger partial charge in [0.2, 0.25) is 0 Å². The third-order valence-corrected chi connectivity index (χ3v) is 2.49. The summed E-state index contributed by atoms with van der Waals surface area (Å²) in [5, 5.41) is 4.18. The van der Waals surface area contributed by atoms with Crippen LogP contribution < -0.4 is 0 Å². The van der Waals surface area contributed by atoms with Crippen molar-refractivity contribution >= 4 is 0 Å². The molecule has 0 aliphatic carbocycles. The summed E-state index contributed by atoms with van der Waals surface area (Å²) in [4.78, 5) is 0.